The highest BCUT2D eigenvalue weighted by molar-refractivity contribution is 7.89. The van der Waals surface area contributed by atoms with Gasteiger partial charge >= 0.3 is 7.12 Å². The number of benzene rings is 1. The van der Waals surface area contributed by atoms with Crippen molar-refractivity contribution in [3.05, 3.63) is 24.3 Å². The molecule has 2 saturated heterocycles. The standard InChI is InChI=1S/C18H29BN2O4S/c1-17(2)18(3,4)25-19(24-17)14-6-8-16(9-7-14)26(22,23)20-15-10-12-21(5)13-11-15/h6-9,15,20H,10-13H2,1-5H3. The van der Waals surface area contributed by atoms with E-state index in [1.54, 1.807) is 24.3 Å². The van der Waals surface area contributed by atoms with Crippen LogP contribution in [0.2, 0.25) is 0 Å². The largest absolute Gasteiger partial charge is 0.494 e. The van der Waals surface area contributed by atoms with Crippen molar-refractivity contribution >= 4 is 22.6 Å². The number of hydrogen-bond acceptors (Lipinski definition) is 5. The Morgan fingerprint density at radius 3 is 2.04 bits per heavy atom. The van der Waals surface area contributed by atoms with E-state index in [4.69, 9.17) is 9.31 Å². The zero-order chi connectivity index (χ0) is 19.2. The molecule has 2 aliphatic rings. The number of likely N-dealkylation sites (tertiary alicyclic amines) is 1. The van der Waals surface area contributed by atoms with Crippen molar-refractivity contribution in [2.45, 2.75) is 62.7 Å². The molecule has 0 aliphatic carbocycles. The Bertz CT molecular complexity index is 725. The maximum atomic E-state index is 12.6. The van der Waals surface area contributed by atoms with Gasteiger partial charge in [-0.15, -0.1) is 0 Å². The van der Waals surface area contributed by atoms with Crippen LogP contribution in [0.4, 0.5) is 0 Å². The van der Waals surface area contributed by atoms with Crippen molar-refractivity contribution in [2.75, 3.05) is 20.1 Å². The predicted molar refractivity (Wildman–Crippen MR) is 103 cm³/mol. The zero-order valence-electron chi connectivity index (χ0n) is 16.3. The first-order valence-corrected chi connectivity index (χ1v) is 10.6. The molecule has 26 heavy (non-hydrogen) atoms. The zero-order valence-corrected chi connectivity index (χ0v) is 17.1. The lowest BCUT2D eigenvalue weighted by atomic mass is 9.79. The van der Waals surface area contributed by atoms with Crippen molar-refractivity contribution in [2.24, 2.45) is 0 Å². The van der Waals surface area contributed by atoms with Crippen molar-refractivity contribution in [3.8, 4) is 0 Å². The van der Waals surface area contributed by atoms with Crippen LogP contribution < -0.4 is 10.2 Å². The van der Waals surface area contributed by atoms with Gasteiger partial charge in [0, 0.05) is 6.04 Å². The first kappa shape index (κ1) is 19.8. The van der Waals surface area contributed by atoms with Crippen LogP contribution in [0.25, 0.3) is 0 Å². The Kier molecular flexibility index (Phi) is 5.27. The fraction of sp³-hybridized carbons (Fsp3) is 0.667. The van der Waals surface area contributed by atoms with Crippen molar-refractivity contribution in [3.63, 3.8) is 0 Å². The Labute approximate surface area is 157 Å². The van der Waals surface area contributed by atoms with Crippen LogP contribution in [0.5, 0.6) is 0 Å². The highest BCUT2D eigenvalue weighted by atomic mass is 32.2. The van der Waals surface area contributed by atoms with Gasteiger partial charge in [-0.1, -0.05) is 12.1 Å². The van der Waals surface area contributed by atoms with E-state index in [1.807, 2.05) is 27.7 Å². The average Bonchev–Trinajstić information content (AvgIpc) is 2.78. The van der Waals surface area contributed by atoms with E-state index in [0.717, 1.165) is 31.4 Å². The van der Waals surface area contributed by atoms with E-state index in [2.05, 4.69) is 16.7 Å². The molecule has 0 saturated carbocycles. The topological polar surface area (TPSA) is 67.9 Å². The average molecular weight is 380 g/mol. The summed E-state index contributed by atoms with van der Waals surface area (Å²) < 4.78 is 40.1. The van der Waals surface area contributed by atoms with Gasteiger partial charge in [0.15, 0.2) is 0 Å². The number of piperidine rings is 1. The molecule has 2 heterocycles. The molecule has 1 N–H and O–H groups in total. The summed E-state index contributed by atoms with van der Waals surface area (Å²) in [6, 6.07) is 6.78. The number of sulfonamides is 1. The molecule has 8 heteroatoms. The summed E-state index contributed by atoms with van der Waals surface area (Å²) in [6.07, 6.45) is 1.67. The molecule has 1 aromatic carbocycles. The minimum Gasteiger partial charge on any atom is -0.399 e. The molecule has 3 rings (SSSR count). The number of rotatable bonds is 4. The van der Waals surface area contributed by atoms with Crippen LogP contribution in [0, 0.1) is 0 Å². The molecule has 6 nitrogen and oxygen atoms in total. The Morgan fingerprint density at radius 1 is 1.04 bits per heavy atom. The van der Waals surface area contributed by atoms with Gasteiger partial charge in [-0.25, -0.2) is 13.1 Å². The minimum absolute atomic E-state index is 0.000950. The lowest BCUT2D eigenvalue weighted by Crippen LogP contribution is -2.43. The Morgan fingerprint density at radius 2 is 1.54 bits per heavy atom. The van der Waals surface area contributed by atoms with Crippen LogP contribution in [0.1, 0.15) is 40.5 Å². The lowest BCUT2D eigenvalue weighted by molar-refractivity contribution is 0.00578. The first-order valence-electron chi connectivity index (χ1n) is 9.17. The summed E-state index contributed by atoms with van der Waals surface area (Å²) in [4.78, 5) is 2.49. The maximum Gasteiger partial charge on any atom is 0.494 e. The highest BCUT2D eigenvalue weighted by Crippen LogP contribution is 2.36. The van der Waals surface area contributed by atoms with Gasteiger partial charge in [0.05, 0.1) is 16.1 Å². The van der Waals surface area contributed by atoms with Crippen LogP contribution >= 0.6 is 0 Å². The summed E-state index contributed by atoms with van der Waals surface area (Å²) in [5.41, 5.74) is -0.0159. The molecule has 0 radical (unpaired) electrons. The molecule has 2 fully saturated rings. The molecule has 0 spiro atoms. The summed E-state index contributed by atoms with van der Waals surface area (Å²) in [6.45, 7) is 9.81. The fourth-order valence-electron chi connectivity index (χ4n) is 3.20. The predicted octanol–water partition coefficient (Wildman–Crippen LogP) is 1.36. The molecule has 0 aromatic heterocycles. The summed E-state index contributed by atoms with van der Waals surface area (Å²) in [5, 5.41) is 0. The van der Waals surface area contributed by atoms with E-state index in [9.17, 15) is 8.42 Å². The molecule has 0 bridgehead atoms. The van der Waals surface area contributed by atoms with E-state index in [1.165, 1.54) is 0 Å². The van der Waals surface area contributed by atoms with E-state index >= 15 is 0 Å². The van der Waals surface area contributed by atoms with Gasteiger partial charge in [-0.3, -0.25) is 0 Å². The second-order valence-electron chi connectivity index (χ2n) is 8.36. The molecule has 0 atom stereocenters. The highest BCUT2D eigenvalue weighted by Gasteiger charge is 2.51. The van der Waals surface area contributed by atoms with Gasteiger partial charge in [-0.05, 0) is 78.3 Å². The Hall–Kier alpha value is -0.925. The third-order valence-electron chi connectivity index (χ3n) is 5.76. The monoisotopic (exact) mass is 380 g/mol. The SMILES string of the molecule is CN1CCC(NS(=O)(=O)c2ccc(B3OC(C)(C)C(C)(C)O3)cc2)CC1. The van der Waals surface area contributed by atoms with E-state index in [-0.39, 0.29) is 10.9 Å². The molecule has 1 aromatic rings. The van der Waals surface area contributed by atoms with E-state index in [0.29, 0.717) is 0 Å². The normalized spacial score (nSPS) is 24.1. The third kappa shape index (κ3) is 3.99. The number of hydrogen-bond donors (Lipinski definition) is 1. The fourth-order valence-corrected chi connectivity index (χ4v) is 4.50. The molecule has 2 aliphatic heterocycles. The van der Waals surface area contributed by atoms with E-state index < -0.39 is 28.3 Å². The maximum absolute atomic E-state index is 12.6. The molecular weight excluding hydrogens is 351 g/mol. The van der Waals surface area contributed by atoms with Crippen molar-refractivity contribution < 1.29 is 17.7 Å². The lowest BCUT2D eigenvalue weighted by Gasteiger charge is -2.32. The van der Waals surface area contributed by atoms with Gasteiger partial charge in [0.25, 0.3) is 0 Å². The van der Waals surface area contributed by atoms with Gasteiger partial charge in [-0.2, -0.15) is 0 Å². The minimum atomic E-state index is -3.51. The quantitative estimate of drug-likeness (QED) is 0.799. The smallest absolute Gasteiger partial charge is 0.399 e. The molecule has 144 valence electrons. The molecule has 0 amide bonds. The van der Waals surface area contributed by atoms with Crippen LogP contribution in [0.3, 0.4) is 0 Å². The summed E-state index contributed by atoms with van der Waals surface area (Å²) >= 11 is 0. The first-order chi connectivity index (χ1) is 12.0. The van der Waals surface area contributed by atoms with Gasteiger partial charge in [0.1, 0.15) is 0 Å². The van der Waals surface area contributed by atoms with Gasteiger partial charge in [0.2, 0.25) is 10.0 Å². The molecule has 0 unspecified atom stereocenters. The second-order valence-corrected chi connectivity index (χ2v) is 10.1. The number of nitrogens with zero attached hydrogens (tertiary/aromatic N) is 1. The third-order valence-corrected chi connectivity index (χ3v) is 7.29. The van der Waals surface area contributed by atoms with Crippen LogP contribution in [0.15, 0.2) is 29.2 Å². The van der Waals surface area contributed by atoms with Crippen molar-refractivity contribution in [1.29, 1.82) is 0 Å². The van der Waals surface area contributed by atoms with Crippen LogP contribution in [-0.2, 0) is 19.3 Å². The number of nitrogens with one attached hydrogen (secondary N) is 1. The second kappa shape index (κ2) is 6.91. The molecular formula is C18H29BN2O4S. The van der Waals surface area contributed by atoms with Crippen molar-refractivity contribution in [1.82, 2.24) is 9.62 Å². The Balaban J connectivity index is 1.69. The van der Waals surface area contributed by atoms with Crippen LogP contribution in [-0.4, -0.2) is 57.8 Å². The van der Waals surface area contributed by atoms with Gasteiger partial charge < -0.3 is 14.2 Å². The summed E-state index contributed by atoms with van der Waals surface area (Å²) in [7, 11) is -1.95. The summed E-state index contributed by atoms with van der Waals surface area (Å²) in [5.74, 6) is 0.